The molecule has 1 aromatic carbocycles. The van der Waals surface area contributed by atoms with Crippen LogP contribution >= 0.6 is 60.2 Å². The van der Waals surface area contributed by atoms with Crippen LogP contribution in [0.15, 0.2) is 19.5 Å². The van der Waals surface area contributed by atoms with Crippen LogP contribution in [0.3, 0.4) is 0 Å². The lowest BCUT2D eigenvalue weighted by Gasteiger charge is -2.17. The predicted molar refractivity (Wildman–Crippen MR) is 76.0 cm³/mol. The molecular weight excluding hydrogens is 451 g/mol. The molecule has 8 heteroatoms. The zero-order valence-electron chi connectivity index (χ0n) is 8.26. The molecule has 0 saturated heterocycles. The normalized spacial score (nSPS) is 12.4. The topological polar surface area (TPSA) is 46.2 Å². The Balaban J connectivity index is 0.00000256. The lowest BCUT2D eigenvalue weighted by atomic mass is 10.0. The van der Waals surface area contributed by atoms with E-state index in [0.717, 1.165) is 0 Å². The number of nitrogens with two attached hydrogens (primary N) is 1. The first-order valence-corrected chi connectivity index (χ1v) is 6.62. The minimum atomic E-state index is -2.49. The number of hydrogen-bond donors (Lipinski definition) is 2. The smallest absolute Gasteiger partial charge is 0.240 e. The van der Waals surface area contributed by atoms with Crippen LogP contribution in [0.1, 0.15) is 18.0 Å². The minimum absolute atomic E-state index is 0. The Kier molecular flexibility index (Phi) is 7.47. The van der Waals surface area contributed by atoms with Crippen molar-refractivity contribution in [2.75, 3.05) is 0 Å². The third kappa shape index (κ3) is 4.31. The van der Waals surface area contributed by atoms with E-state index in [2.05, 4.69) is 47.8 Å². The van der Waals surface area contributed by atoms with Gasteiger partial charge in [-0.25, -0.2) is 8.78 Å². The van der Waals surface area contributed by atoms with Crippen LogP contribution < -0.4 is 5.73 Å². The molecule has 0 unspecified atom stereocenters. The van der Waals surface area contributed by atoms with Crippen molar-refractivity contribution in [3.05, 3.63) is 25.0 Å². The molecule has 0 heterocycles. The number of halogens is 6. The lowest BCUT2D eigenvalue weighted by molar-refractivity contribution is 0.128. The number of hydrogen-bond acceptors (Lipinski definition) is 2. The van der Waals surface area contributed by atoms with E-state index in [4.69, 9.17) is 5.73 Å². The monoisotopic (exact) mass is 457 g/mol. The van der Waals surface area contributed by atoms with Gasteiger partial charge >= 0.3 is 0 Å². The number of aromatic hydroxyl groups is 1. The van der Waals surface area contributed by atoms with Gasteiger partial charge in [0, 0.05) is 22.5 Å². The van der Waals surface area contributed by atoms with Gasteiger partial charge in [0.1, 0.15) is 5.75 Å². The number of rotatable bonds is 3. The van der Waals surface area contributed by atoms with Crippen LogP contribution in [0.4, 0.5) is 8.78 Å². The van der Waals surface area contributed by atoms with Crippen molar-refractivity contribution in [2.24, 2.45) is 5.73 Å². The third-order valence-corrected chi connectivity index (χ3v) is 4.05. The lowest BCUT2D eigenvalue weighted by Crippen LogP contribution is -2.15. The second-order valence-electron chi connectivity index (χ2n) is 3.15. The van der Waals surface area contributed by atoms with E-state index in [1.165, 1.54) is 0 Å². The van der Waals surface area contributed by atoms with E-state index in [-0.39, 0.29) is 18.2 Å². The average molecular weight is 460 g/mol. The summed E-state index contributed by atoms with van der Waals surface area (Å²) in [5.41, 5.74) is 6.08. The van der Waals surface area contributed by atoms with E-state index < -0.39 is 18.9 Å². The van der Waals surface area contributed by atoms with Gasteiger partial charge in [0.2, 0.25) is 6.43 Å². The van der Waals surface area contributed by atoms with Crippen LogP contribution in [0.2, 0.25) is 0 Å². The molecule has 0 fully saturated rings. The summed E-state index contributed by atoms with van der Waals surface area (Å²) in [5.74, 6) is -0.0529. The van der Waals surface area contributed by atoms with Gasteiger partial charge in [0.05, 0.1) is 8.95 Å². The van der Waals surface area contributed by atoms with Gasteiger partial charge in [-0.15, -0.1) is 12.4 Å². The summed E-state index contributed by atoms with van der Waals surface area (Å²) in [4.78, 5) is 0. The third-order valence-electron chi connectivity index (χ3n) is 1.98. The van der Waals surface area contributed by atoms with Gasteiger partial charge in [-0.1, -0.05) is 15.9 Å². The Hall–Kier alpha value is 0.570. The first-order valence-electron chi connectivity index (χ1n) is 4.24. The molecule has 0 saturated carbocycles. The van der Waals surface area contributed by atoms with Gasteiger partial charge in [-0.2, -0.15) is 0 Å². The SMILES string of the molecule is Cl.N[C@@H](CC(F)F)c1c(Br)cc(Br)c(O)c1Br. The van der Waals surface area contributed by atoms with E-state index >= 15 is 0 Å². The van der Waals surface area contributed by atoms with Gasteiger partial charge in [0.25, 0.3) is 0 Å². The molecule has 17 heavy (non-hydrogen) atoms. The summed E-state index contributed by atoms with van der Waals surface area (Å²) >= 11 is 9.50. The van der Waals surface area contributed by atoms with Crippen LogP contribution in [0.5, 0.6) is 5.75 Å². The molecule has 98 valence electrons. The predicted octanol–water partition coefficient (Wildman–Crippen LogP) is 4.76. The molecule has 3 N–H and O–H groups in total. The Morgan fingerprint density at radius 2 is 1.76 bits per heavy atom. The van der Waals surface area contributed by atoms with Crippen molar-refractivity contribution in [3.8, 4) is 5.75 Å². The molecule has 0 aromatic heterocycles. The molecule has 1 atom stereocenters. The minimum Gasteiger partial charge on any atom is -0.506 e. The standard InChI is InChI=1S/C9H8Br3F2NO.ClH/c10-3-1-4(11)9(16)8(12)7(3)5(15)2-6(13)14;/h1,5-6,16H,2,15H2;1H/t5-;/m0./s1. The van der Waals surface area contributed by atoms with Crippen molar-refractivity contribution in [1.29, 1.82) is 0 Å². The maximum atomic E-state index is 12.2. The summed E-state index contributed by atoms with van der Waals surface area (Å²) in [5, 5.41) is 9.64. The summed E-state index contributed by atoms with van der Waals surface area (Å²) < 4.78 is 25.8. The quantitative estimate of drug-likeness (QED) is 0.684. The molecule has 1 aromatic rings. The molecule has 0 aliphatic carbocycles. The number of phenols is 1. The number of benzene rings is 1. The second kappa shape index (κ2) is 7.23. The van der Waals surface area contributed by atoms with Crippen molar-refractivity contribution in [1.82, 2.24) is 0 Å². The molecular formula is C9H9Br3ClF2NO. The molecule has 0 spiro atoms. The van der Waals surface area contributed by atoms with Crippen molar-refractivity contribution in [3.63, 3.8) is 0 Å². The van der Waals surface area contributed by atoms with Gasteiger partial charge in [-0.05, 0) is 37.9 Å². The number of phenolic OH excluding ortho intramolecular Hbond substituents is 1. The first-order chi connectivity index (χ1) is 7.34. The van der Waals surface area contributed by atoms with Crippen molar-refractivity contribution < 1.29 is 13.9 Å². The van der Waals surface area contributed by atoms with Gasteiger partial charge < -0.3 is 10.8 Å². The molecule has 2 nitrogen and oxygen atoms in total. The largest absolute Gasteiger partial charge is 0.506 e. The van der Waals surface area contributed by atoms with E-state index in [1.807, 2.05) is 0 Å². The zero-order chi connectivity index (χ0) is 12.5. The van der Waals surface area contributed by atoms with Crippen LogP contribution in [0, 0.1) is 0 Å². The fourth-order valence-corrected chi connectivity index (χ4v) is 3.95. The van der Waals surface area contributed by atoms with Crippen molar-refractivity contribution in [2.45, 2.75) is 18.9 Å². The molecule has 0 aliphatic rings. The Morgan fingerprint density at radius 1 is 1.24 bits per heavy atom. The van der Waals surface area contributed by atoms with E-state index in [1.54, 1.807) is 6.07 Å². The highest BCUT2D eigenvalue weighted by Gasteiger charge is 2.21. The Labute approximate surface area is 129 Å². The summed E-state index contributed by atoms with van der Waals surface area (Å²) in [7, 11) is 0. The maximum absolute atomic E-state index is 12.2. The maximum Gasteiger partial charge on any atom is 0.240 e. The molecule has 0 bridgehead atoms. The molecule has 0 radical (unpaired) electrons. The highest BCUT2D eigenvalue weighted by molar-refractivity contribution is 9.11. The second-order valence-corrected chi connectivity index (χ2v) is 5.65. The van der Waals surface area contributed by atoms with Gasteiger partial charge in [-0.3, -0.25) is 0 Å². The molecule has 0 aliphatic heterocycles. The molecule has 1 rings (SSSR count). The fraction of sp³-hybridized carbons (Fsp3) is 0.333. The van der Waals surface area contributed by atoms with Crippen LogP contribution in [-0.4, -0.2) is 11.5 Å². The Morgan fingerprint density at radius 3 is 2.24 bits per heavy atom. The van der Waals surface area contributed by atoms with Crippen LogP contribution in [-0.2, 0) is 0 Å². The highest BCUT2D eigenvalue weighted by atomic mass is 79.9. The Bertz CT molecular complexity index is 406. The average Bonchev–Trinajstić information content (AvgIpc) is 2.13. The van der Waals surface area contributed by atoms with E-state index in [9.17, 15) is 13.9 Å². The number of alkyl halides is 2. The summed E-state index contributed by atoms with van der Waals surface area (Å²) in [6, 6.07) is 0.726. The van der Waals surface area contributed by atoms with Crippen molar-refractivity contribution >= 4 is 60.2 Å². The highest BCUT2D eigenvalue weighted by Crippen LogP contribution is 2.42. The van der Waals surface area contributed by atoms with E-state index in [0.29, 0.717) is 19.0 Å². The first kappa shape index (κ1) is 17.6. The summed E-state index contributed by atoms with van der Waals surface area (Å²) in [6.07, 6.45) is -2.95. The fourth-order valence-electron chi connectivity index (χ4n) is 1.24. The zero-order valence-corrected chi connectivity index (χ0v) is 13.8. The van der Waals surface area contributed by atoms with Gasteiger partial charge in [0.15, 0.2) is 0 Å². The van der Waals surface area contributed by atoms with Crippen LogP contribution in [0.25, 0.3) is 0 Å². The molecule has 0 amide bonds. The summed E-state index contributed by atoms with van der Waals surface area (Å²) in [6.45, 7) is 0.